The van der Waals surface area contributed by atoms with Gasteiger partial charge in [0, 0.05) is 12.7 Å². The lowest BCUT2D eigenvalue weighted by molar-refractivity contribution is -0.131. The molecule has 1 aliphatic heterocycles. The Morgan fingerprint density at radius 1 is 1.50 bits per heavy atom. The zero-order valence-electron chi connectivity index (χ0n) is 10.0. The van der Waals surface area contributed by atoms with Gasteiger partial charge in [-0.2, -0.15) is 0 Å². The van der Waals surface area contributed by atoms with Gasteiger partial charge in [-0.05, 0) is 23.6 Å². The van der Waals surface area contributed by atoms with Crippen LogP contribution in [0.5, 0.6) is 0 Å². The van der Waals surface area contributed by atoms with Crippen LogP contribution in [-0.2, 0) is 20.9 Å². The molecule has 1 aromatic rings. The smallest absolute Gasteiger partial charge is 0.328 e. The van der Waals surface area contributed by atoms with Crippen LogP contribution in [-0.4, -0.2) is 30.4 Å². The second-order valence-corrected chi connectivity index (χ2v) is 4.17. The number of rotatable bonds is 5. The third-order valence-corrected chi connectivity index (χ3v) is 2.82. The summed E-state index contributed by atoms with van der Waals surface area (Å²) < 4.78 is 11.0. The predicted molar refractivity (Wildman–Crippen MR) is 67.1 cm³/mol. The van der Waals surface area contributed by atoms with Gasteiger partial charge in [0.1, 0.15) is 0 Å². The molecule has 0 aliphatic carbocycles. The van der Waals surface area contributed by atoms with Gasteiger partial charge in [0.2, 0.25) is 0 Å². The maximum Gasteiger partial charge on any atom is 0.328 e. The van der Waals surface area contributed by atoms with Crippen molar-refractivity contribution in [2.75, 3.05) is 13.2 Å². The van der Waals surface area contributed by atoms with Crippen LogP contribution in [0.2, 0.25) is 0 Å². The van der Waals surface area contributed by atoms with Crippen LogP contribution in [0, 0.1) is 0 Å². The lowest BCUT2D eigenvalue weighted by Gasteiger charge is -2.11. The van der Waals surface area contributed by atoms with Gasteiger partial charge >= 0.3 is 5.97 Å². The number of carbonyl (C=O) groups is 1. The number of hydrogen-bond donors (Lipinski definition) is 1. The van der Waals surface area contributed by atoms with Crippen LogP contribution in [0.4, 0.5) is 0 Å². The molecule has 1 unspecified atom stereocenters. The first-order valence-electron chi connectivity index (χ1n) is 5.94. The standard InChI is InChI=1S/C14H16O4/c15-14(16)6-5-11-3-1-2-4-12(11)9-18-13-7-8-17-10-13/h1-6,13H,7-10H2,(H,15,16). The SMILES string of the molecule is O=C(O)C=Cc1ccccc1COC1CCOC1. The normalized spacial score (nSPS) is 19.4. The van der Waals surface area contributed by atoms with Gasteiger partial charge in [-0.1, -0.05) is 24.3 Å². The fourth-order valence-corrected chi connectivity index (χ4v) is 1.84. The lowest BCUT2D eigenvalue weighted by atomic mass is 10.1. The summed E-state index contributed by atoms with van der Waals surface area (Å²) in [4.78, 5) is 10.5. The number of carboxylic acid groups (broad SMARTS) is 1. The van der Waals surface area contributed by atoms with Crippen LogP contribution in [0.1, 0.15) is 17.5 Å². The minimum atomic E-state index is -0.949. The molecule has 18 heavy (non-hydrogen) atoms. The summed E-state index contributed by atoms with van der Waals surface area (Å²) in [6.07, 6.45) is 3.80. The zero-order chi connectivity index (χ0) is 12.8. The van der Waals surface area contributed by atoms with Crippen LogP contribution >= 0.6 is 0 Å². The summed E-state index contributed by atoms with van der Waals surface area (Å²) in [5.41, 5.74) is 1.86. The van der Waals surface area contributed by atoms with Crippen molar-refractivity contribution < 1.29 is 19.4 Å². The highest BCUT2D eigenvalue weighted by Crippen LogP contribution is 2.15. The monoisotopic (exact) mass is 248 g/mol. The van der Waals surface area contributed by atoms with Crippen molar-refractivity contribution >= 4 is 12.0 Å². The maximum absolute atomic E-state index is 10.5. The molecule has 1 atom stereocenters. The zero-order valence-corrected chi connectivity index (χ0v) is 10.0. The molecule has 0 spiro atoms. The summed E-state index contributed by atoms with van der Waals surface area (Å²) in [7, 11) is 0. The Balaban J connectivity index is 2.00. The van der Waals surface area contributed by atoms with E-state index in [1.807, 2.05) is 24.3 Å². The molecule has 1 aliphatic rings. The van der Waals surface area contributed by atoms with Gasteiger partial charge in [0.15, 0.2) is 0 Å². The quantitative estimate of drug-likeness (QED) is 0.811. The lowest BCUT2D eigenvalue weighted by Crippen LogP contribution is -2.12. The van der Waals surface area contributed by atoms with Crippen molar-refractivity contribution in [1.29, 1.82) is 0 Å². The summed E-state index contributed by atoms with van der Waals surface area (Å²) >= 11 is 0. The topological polar surface area (TPSA) is 55.8 Å². The van der Waals surface area contributed by atoms with Gasteiger partial charge in [-0.15, -0.1) is 0 Å². The molecular formula is C14H16O4. The summed E-state index contributed by atoms with van der Waals surface area (Å²) in [5.74, 6) is -0.949. The average molecular weight is 248 g/mol. The largest absolute Gasteiger partial charge is 0.478 e. The first-order valence-corrected chi connectivity index (χ1v) is 5.94. The highest BCUT2D eigenvalue weighted by Gasteiger charge is 2.16. The van der Waals surface area contributed by atoms with E-state index >= 15 is 0 Å². The molecule has 1 N–H and O–H groups in total. The molecular weight excluding hydrogens is 232 g/mol. The summed E-state index contributed by atoms with van der Waals surface area (Å²) in [5, 5.41) is 8.63. The maximum atomic E-state index is 10.5. The van der Waals surface area contributed by atoms with Gasteiger partial charge in [-0.25, -0.2) is 4.79 Å². The van der Waals surface area contributed by atoms with Crippen molar-refractivity contribution in [3.8, 4) is 0 Å². The Hall–Kier alpha value is -1.65. The van der Waals surface area contributed by atoms with E-state index in [2.05, 4.69) is 0 Å². The molecule has 0 radical (unpaired) electrons. The second kappa shape index (κ2) is 6.33. The Bertz CT molecular complexity index is 433. The number of ether oxygens (including phenoxy) is 2. The van der Waals surface area contributed by atoms with Gasteiger partial charge < -0.3 is 14.6 Å². The van der Waals surface area contributed by atoms with Gasteiger partial charge in [0.25, 0.3) is 0 Å². The van der Waals surface area contributed by atoms with E-state index in [4.69, 9.17) is 14.6 Å². The Morgan fingerprint density at radius 3 is 3.06 bits per heavy atom. The number of hydrogen-bond acceptors (Lipinski definition) is 3. The van der Waals surface area contributed by atoms with E-state index in [1.54, 1.807) is 6.08 Å². The van der Waals surface area contributed by atoms with Gasteiger partial charge in [0.05, 0.1) is 19.3 Å². The molecule has 4 heteroatoms. The highest BCUT2D eigenvalue weighted by molar-refractivity contribution is 5.85. The molecule has 1 aromatic carbocycles. The average Bonchev–Trinajstić information content (AvgIpc) is 2.88. The molecule has 0 amide bonds. The summed E-state index contributed by atoms with van der Waals surface area (Å²) in [6, 6.07) is 7.62. The molecule has 2 rings (SSSR count). The molecule has 1 fully saturated rings. The molecule has 0 bridgehead atoms. The third kappa shape index (κ3) is 3.68. The highest BCUT2D eigenvalue weighted by atomic mass is 16.5. The third-order valence-electron chi connectivity index (χ3n) is 2.82. The van der Waals surface area contributed by atoms with E-state index in [9.17, 15) is 4.79 Å². The number of benzene rings is 1. The van der Waals surface area contributed by atoms with Crippen molar-refractivity contribution in [2.45, 2.75) is 19.1 Å². The fraction of sp³-hybridized carbons (Fsp3) is 0.357. The minimum absolute atomic E-state index is 0.154. The van der Waals surface area contributed by atoms with Crippen LogP contribution in [0.3, 0.4) is 0 Å². The van der Waals surface area contributed by atoms with Crippen molar-refractivity contribution in [2.24, 2.45) is 0 Å². The summed E-state index contributed by atoms with van der Waals surface area (Å²) in [6.45, 7) is 1.88. The molecule has 1 saturated heterocycles. The Kier molecular flexibility index (Phi) is 4.50. The first-order chi connectivity index (χ1) is 8.75. The van der Waals surface area contributed by atoms with Crippen LogP contribution in [0.15, 0.2) is 30.3 Å². The van der Waals surface area contributed by atoms with E-state index in [0.717, 1.165) is 30.2 Å². The molecule has 0 aromatic heterocycles. The first kappa shape index (κ1) is 12.8. The van der Waals surface area contributed by atoms with Gasteiger partial charge in [-0.3, -0.25) is 0 Å². The van der Waals surface area contributed by atoms with E-state index in [1.165, 1.54) is 0 Å². The van der Waals surface area contributed by atoms with E-state index in [0.29, 0.717) is 13.2 Å². The van der Waals surface area contributed by atoms with E-state index in [-0.39, 0.29) is 6.10 Å². The molecule has 4 nitrogen and oxygen atoms in total. The second-order valence-electron chi connectivity index (χ2n) is 4.17. The molecule has 0 saturated carbocycles. The van der Waals surface area contributed by atoms with E-state index < -0.39 is 5.97 Å². The minimum Gasteiger partial charge on any atom is -0.478 e. The van der Waals surface area contributed by atoms with Crippen LogP contribution in [0.25, 0.3) is 6.08 Å². The Morgan fingerprint density at radius 2 is 2.33 bits per heavy atom. The van der Waals surface area contributed by atoms with Crippen LogP contribution < -0.4 is 0 Å². The van der Waals surface area contributed by atoms with Crippen molar-refractivity contribution in [3.05, 3.63) is 41.5 Å². The predicted octanol–water partition coefficient (Wildman–Crippen LogP) is 2.09. The van der Waals surface area contributed by atoms with Crippen molar-refractivity contribution in [1.82, 2.24) is 0 Å². The fourth-order valence-electron chi connectivity index (χ4n) is 1.84. The molecule has 1 heterocycles. The molecule has 96 valence electrons. The Labute approximate surface area is 106 Å². The van der Waals surface area contributed by atoms with Crippen molar-refractivity contribution in [3.63, 3.8) is 0 Å². The number of aliphatic carboxylic acids is 1. The number of carboxylic acids is 1.